The second-order valence-electron chi connectivity index (χ2n) is 9.97. The van der Waals surface area contributed by atoms with Crippen molar-refractivity contribution in [3.05, 3.63) is 64.6 Å². The highest BCUT2D eigenvalue weighted by Crippen LogP contribution is 2.44. The van der Waals surface area contributed by atoms with E-state index in [2.05, 4.69) is 11.6 Å². The van der Waals surface area contributed by atoms with E-state index < -0.39 is 17.3 Å². The van der Waals surface area contributed by atoms with Crippen molar-refractivity contribution >= 4 is 34.4 Å². The Morgan fingerprint density at radius 3 is 2.53 bits per heavy atom. The molecule has 0 bridgehead atoms. The van der Waals surface area contributed by atoms with Crippen LogP contribution in [-0.4, -0.2) is 64.5 Å². The molecule has 0 aliphatic carbocycles. The summed E-state index contributed by atoms with van der Waals surface area (Å²) in [6, 6.07) is 5.24. The summed E-state index contributed by atoms with van der Waals surface area (Å²) in [5.74, 6) is -0.348. The molecule has 1 aromatic heterocycles. The maximum atomic E-state index is 15.1. The summed E-state index contributed by atoms with van der Waals surface area (Å²) in [4.78, 5) is 35.1. The Morgan fingerprint density at radius 2 is 1.89 bits per heavy atom. The van der Waals surface area contributed by atoms with Gasteiger partial charge in [0.15, 0.2) is 0 Å². The normalized spacial score (nSPS) is 21.5. The molecule has 0 N–H and O–H groups in total. The fourth-order valence-electron chi connectivity index (χ4n) is 5.71. The van der Waals surface area contributed by atoms with Gasteiger partial charge in [-0.3, -0.25) is 9.36 Å². The number of aromatic nitrogens is 2. The smallest absolute Gasteiger partial charge is 0.350 e. The fraction of sp³-hybridized carbons (Fsp3) is 0.393. The standard InChI is InChI=1S/C28H30F2N4O3S/c1-6-23(35)34-16(3)11-32(12-17(34)4)27-21-9-15(2)24(20-8-7-18(29)10-22(20)30)26-25(21)33(28(36)31-27)13-19(37-5)14-38-26/h6-10,16-17,19H,1,11-14H2,2-5H3/t16-,17+,19-/m1/s1. The maximum Gasteiger partial charge on any atom is 0.350 e. The quantitative estimate of drug-likeness (QED) is 0.458. The van der Waals surface area contributed by atoms with Gasteiger partial charge in [0.05, 0.1) is 18.2 Å². The first-order valence-electron chi connectivity index (χ1n) is 12.5. The van der Waals surface area contributed by atoms with Crippen LogP contribution in [0.3, 0.4) is 0 Å². The molecule has 0 spiro atoms. The summed E-state index contributed by atoms with van der Waals surface area (Å²) in [6.45, 7) is 10.7. The van der Waals surface area contributed by atoms with Crippen LogP contribution in [0.4, 0.5) is 14.6 Å². The van der Waals surface area contributed by atoms with Crippen molar-refractivity contribution in [2.24, 2.45) is 0 Å². The minimum absolute atomic E-state index is 0.125. The Morgan fingerprint density at radius 1 is 1.18 bits per heavy atom. The number of anilines is 1. The van der Waals surface area contributed by atoms with E-state index in [0.29, 0.717) is 42.3 Å². The van der Waals surface area contributed by atoms with Gasteiger partial charge in [0.1, 0.15) is 17.5 Å². The summed E-state index contributed by atoms with van der Waals surface area (Å²) >= 11 is 1.50. The van der Waals surface area contributed by atoms with Crippen molar-refractivity contribution in [3.8, 4) is 11.1 Å². The molecule has 0 unspecified atom stereocenters. The van der Waals surface area contributed by atoms with Gasteiger partial charge in [0.2, 0.25) is 5.91 Å². The van der Waals surface area contributed by atoms with Crippen LogP contribution in [-0.2, 0) is 16.1 Å². The van der Waals surface area contributed by atoms with Crippen LogP contribution in [0.1, 0.15) is 19.4 Å². The van der Waals surface area contributed by atoms with Crippen molar-refractivity contribution in [2.75, 3.05) is 30.9 Å². The summed E-state index contributed by atoms with van der Waals surface area (Å²) in [6.07, 6.45) is 1.07. The van der Waals surface area contributed by atoms with E-state index in [1.807, 2.05) is 31.7 Å². The Balaban J connectivity index is 1.75. The van der Waals surface area contributed by atoms with Gasteiger partial charge in [-0.1, -0.05) is 6.58 Å². The van der Waals surface area contributed by atoms with Crippen LogP contribution in [0.25, 0.3) is 22.0 Å². The zero-order chi connectivity index (χ0) is 27.3. The second-order valence-corrected chi connectivity index (χ2v) is 11.0. The van der Waals surface area contributed by atoms with Gasteiger partial charge < -0.3 is 14.5 Å². The Bertz CT molecular complexity index is 1500. The monoisotopic (exact) mass is 540 g/mol. The van der Waals surface area contributed by atoms with Gasteiger partial charge in [-0.25, -0.2) is 13.6 Å². The number of hydrogen-bond donors (Lipinski definition) is 0. The number of methoxy groups -OCH3 is 1. The Hall–Kier alpha value is -3.24. The molecule has 0 radical (unpaired) electrons. The van der Waals surface area contributed by atoms with Crippen LogP contribution < -0.4 is 10.6 Å². The zero-order valence-electron chi connectivity index (χ0n) is 21.8. The number of carbonyl (C=O) groups is 1. The average molecular weight is 541 g/mol. The van der Waals surface area contributed by atoms with E-state index in [-0.39, 0.29) is 29.7 Å². The van der Waals surface area contributed by atoms with E-state index >= 15 is 4.39 Å². The third-order valence-corrected chi connectivity index (χ3v) is 8.60. The van der Waals surface area contributed by atoms with Crippen molar-refractivity contribution in [1.29, 1.82) is 0 Å². The van der Waals surface area contributed by atoms with Crippen LogP contribution in [0, 0.1) is 18.6 Å². The van der Waals surface area contributed by atoms with E-state index in [4.69, 9.17) is 4.74 Å². The number of hydrogen-bond acceptors (Lipinski definition) is 6. The van der Waals surface area contributed by atoms with E-state index in [1.165, 1.54) is 30.0 Å². The van der Waals surface area contributed by atoms with Gasteiger partial charge in [0.25, 0.3) is 0 Å². The van der Waals surface area contributed by atoms with Crippen molar-refractivity contribution < 1.29 is 18.3 Å². The molecule has 7 nitrogen and oxygen atoms in total. The van der Waals surface area contributed by atoms with E-state index in [9.17, 15) is 14.0 Å². The van der Waals surface area contributed by atoms with Crippen molar-refractivity contribution in [3.63, 3.8) is 0 Å². The lowest BCUT2D eigenvalue weighted by Gasteiger charge is -2.44. The number of thioether (sulfide) groups is 1. The largest absolute Gasteiger partial charge is 0.379 e. The number of benzene rings is 2. The number of aryl methyl sites for hydroxylation is 1. The van der Waals surface area contributed by atoms with Crippen LogP contribution in [0.15, 0.2) is 46.6 Å². The first-order valence-corrected chi connectivity index (χ1v) is 13.5. The second kappa shape index (κ2) is 10.1. The number of ether oxygens (including phenoxy) is 1. The highest BCUT2D eigenvalue weighted by Gasteiger charge is 2.34. The number of halogens is 2. The SMILES string of the molecule is C=CC(=O)N1[C@H](C)CN(c2nc(=O)n3c4c(c(-c5ccc(F)cc5F)c(C)cc24)SC[C@H](OC)C3)C[C@@H]1C. The molecule has 0 saturated carbocycles. The first-order chi connectivity index (χ1) is 18.1. The topological polar surface area (TPSA) is 67.7 Å². The first kappa shape index (κ1) is 26.4. The molecule has 10 heteroatoms. The number of piperazine rings is 1. The van der Waals surface area contributed by atoms with Crippen LogP contribution >= 0.6 is 11.8 Å². The number of nitrogens with zero attached hydrogens (tertiary/aromatic N) is 4. The molecule has 38 heavy (non-hydrogen) atoms. The van der Waals surface area contributed by atoms with Gasteiger partial charge in [-0.15, -0.1) is 11.8 Å². The zero-order valence-corrected chi connectivity index (χ0v) is 22.6. The third kappa shape index (κ3) is 4.39. The average Bonchev–Trinajstić information content (AvgIpc) is 3.07. The van der Waals surface area contributed by atoms with E-state index in [1.54, 1.807) is 16.6 Å². The number of amides is 1. The summed E-state index contributed by atoms with van der Waals surface area (Å²) in [7, 11) is 1.60. The molecule has 3 atom stereocenters. The molecular formula is C28H30F2N4O3S. The highest BCUT2D eigenvalue weighted by atomic mass is 32.2. The van der Waals surface area contributed by atoms with Gasteiger partial charge in [0, 0.05) is 65.5 Å². The Labute approximate surface area is 224 Å². The summed E-state index contributed by atoms with van der Waals surface area (Å²) in [5.41, 5.74) is 1.94. The maximum absolute atomic E-state index is 15.1. The molecule has 3 aromatic rings. The molecule has 3 heterocycles. The van der Waals surface area contributed by atoms with Crippen molar-refractivity contribution in [1.82, 2.24) is 14.5 Å². The summed E-state index contributed by atoms with van der Waals surface area (Å²) in [5, 5.41) is 0.774. The Kier molecular flexibility index (Phi) is 7.04. The molecule has 1 amide bonds. The predicted octanol–water partition coefficient (Wildman–Crippen LogP) is 4.38. The van der Waals surface area contributed by atoms with Crippen LogP contribution in [0.2, 0.25) is 0 Å². The van der Waals surface area contributed by atoms with Crippen LogP contribution in [0.5, 0.6) is 0 Å². The summed E-state index contributed by atoms with van der Waals surface area (Å²) < 4.78 is 36.1. The highest BCUT2D eigenvalue weighted by molar-refractivity contribution is 7.99. The molecule has 2 aliphatic heterocycles. The molecule has 1 saturated heterocycles. The lowest BCUT2D eigenvalue weighted by atomic mass is 9.97. The van der Waals surface area contributed by atoms with Gasteiger partial charge >= 0.3 is 5.69 Å². The third-order valence-electron chi connectivity index (χ3n) is 7.38. The van der Waals surface area contributed by atoms with Crippen molar-refractivity contribution in [2.45, 2.75) is 50.4 Å². The molecular weight excluding hydrogens is 510 g/mol. The molecule has 200 valence electrons. The lowest BCUT2D eigenvalue weighted by Crippen LogP contribution is -2.58. The fourth-order valence-corrected chi connectivity index (χ4v) is 7.08. The lowest BCUT2D eigenvalue weighted by molar-refractivity contribution is -0.130. The van der Waals surface area contributed by atoms with Gasteiger partial charge in [-0.05, 0) is 50.6 Å². The molecule has 2 aliphatic rings. The molecule has 1 fully saturated rings. The van der Waals surface area contributed by atoms with E-state index in [0.717, 1.165) is 21.9 Å². The number of carbonyl (C=O) groups excluding carboxylic acids is 1. The van der Waals surface area contributed by atoms with Gasteiger partial charge in [-0.2, -0.15) is 4.98 Å². The predicted molar refractivity (Wildman–Crippen MR) is 146 cm³/mol. The number of rotatable bonds is 4. The molecule has 5 rings (SSSR count). The minimum atomic E-state index is -0.661. The minimum Gasteiger partial charge on any atom is -0.379 e. The molecule has 2 aromatic carbocycles.